The Morgan fingerprint density at radius 2 is 2.00 bits per heavy atom. The topological polar surface area (TPSA) is 29.9 Å². The van der Waals surface area contributed by atoms with Crippen molar-refractivity contribution in [2.75, 3.05) is 5.32 Å². The van der Waals surface area contributed by atoms with Gasteiger partial charge in [0.2, 0.25) is 5.95 Å². The van der Waals surface area contributed by atoms with E-state index in [2.05, 4.69) is 33.2 Å². The minimum atomic E-state index is 0.660. The molecule has 3 unspecified atom stereocenters. The summed E-state index contributed by atoms with van der Waals surface area (Å²) >= 11 is 0. The van der Waals surface area contributed by atoms with Gasteiger partial charge in [0.25, 0.3) is 0 Å². The highest BCUT2D eigenvalue weighted by Crippen LogP contribution is 2.51. The van der Waals surface area contributed by atoms with E-state index in [1.807, 2.05) is 24.4 Å². The number of imidazole rings is 1. The van der Waals surface area contributed by atoms with Crippen LogP contribution < -0.4 is 5.32 Å². The first-order valence-corrected chi connectivity index (χ1v) is 7.25. The van der Waals surface area contributed by atoms with E-state index in [0.29, 0.717) is 6.04 Å². The lowest BCUT2D eigenvalue weighted by Crippen LogP contribution is -2.17. The largest absolute Gasteiger partial charge is 0.326 e. The van der Waals surface area contributed by atoms with Gasteiger partial charge in [-0.25, -0.2) is 4.98 Å². The number of hydrogen-bond acceptors (Lipinski definition) is 2. The third-order valence-electron chi connectivity index (χ3n) is 4.76. The summed E-state index contributed by atoms with van der Waals surface area (Å²) in [4.78, 5) is 4.49. The van der Waals surface area contributed by atoms with Crippen LogP contribution >= 0.6 is 0 Å². The molecular formula is C16H19N3. The standard InChI is InChI=1S/C16H19N3/c1-2-4-14(5-3-1)18-16-17-8-9-19(16)15-11-12-6-7-13(15)10-12/h1-5,8-9,12-13,15H,6-7,10-11H2,(H,17,18). The lowest BCUT2D eigenvalue weighted by molar-refractivity contribution is 0.332. The average Bonchev–Trinajstić information content (AvgIpc) is 3.15. The minimum Gasteiger partial charge on any atom is -0.326 e. The molecule has 1 heterocycles. The number of nitrogens with one attached hydrogen (secondary N) is 1. The molecular weight excluding hydrogens is 234 g/mol. The molecule has 2 aromatic rings. The van der Waals surface area contributed by atoms with Crippen LogP contribution in [0.5, 0.6) is 0 Å². The van der Waals surface area contributed by atoms with E-state index in [-0.39, 0.29) is 0 Å². The van der Waals surface area contributed by atoms with Crippen LogP contribution in [0.4, 0.5) is 11.6 Å². The second kappa shape index (κ2) is 4.41. The van der Waals surface area contributed by atoms with E-state index in [1.54, 1.807) is 0 Å². The molecule has 0 aliphatic heterocycles. The van der Waals surface area contributed by atoms with E-state index in [4.69, 9.17) is 0 Å². The van der Waals surface area contributed by atoms with E-state index >= 15 is 0 Å². The van der Waals surface area contributed by atoms with Crippen molar-refractivity contribution in [1.82, 2.24) is 9.55 Å². The molecule has 2 fully saturated rings. The molecule has 3 nitrogen and oxygen atoms in total. The molecule has 98 valence electrons. The van der Waals surface area contributed by atoms with Crippen LogP contribution in [0.2, 0.25) is 0 Å². The lowest BCUT2D eigenvalue weighted by Gasteiger charge is -2.25. The van der Waals surface area contributed by atoms with Gasteiger partial charge in [-0.1, -0.05) is 24.6 Å². The Morgan fingerprint density at radius 3 is 2.74 bits per heavy atom. The summed E-state index contributed by atoms with van der Waals surface area (Å²) in [6, 6.07) is 11.0. The Labute approximate surface area is 113 Å². The van der Waals surface area contributed by atoms with Crippen molar-refractivity contribution < 1.29 is 0 Å². The second-order valence-electron chi connectivity index (χ2n) is 5.89. The normalized spacial score (nSPS) is 28.7. The lowest BCUT2D eigenvalue weighted by atomic mass is 9.95. The molecule has 1 aromatic carbocycles. The van der Waals surface area contributed by atoms with Gasteiger partial charge in [0.1, 0.15) is 0 Å². The second-order valence-corrected chi connectivity index (χ2v) is 5.89. The molecule has 2 saturated carbocycles. The molecule has 19 heavy (non-hydrogen) atoms. The summed E-state index contributed by atoms with van der Waals surface area (Å²) in [7, 11) is 0. The highest BCUT2D eigenvalue weighted by Gasteiger charge is 2.40. The first-order valence-electron chi connectivity index (χ1n) is 7.25. The van der Waals surface area contributed by atoms with Crippen molar-refractivity contribution >= 4 is 11.6 Å². The summed E-state index contributed by atoms with van der Waals surface area (Å²) in [5, 5.41) is 3.44. The molecule has 2 aliphatic carbocycles. The van der Waals surface area contributed by atoms with Gasteiger partial charge in [-0.15, -0.1) is 0 Å². The molecule has 0 amide bonds. The van der Waals surface area contributed by atoms with Crippen LogP contribution in [-0.4, -0.2) is 9.55 Å². The van der Waals surface area contributed by atoms with Crippen LogP contribution in [0.1, 0.15) is 31.7 Å². The van der Waals surface area contributed by atoms with E-state index < -0.39 is 0 Å². The molecule has 0 radical (unpaired) electrons. The Morgan fingerprint density at radius 1 is 1.11 bits per heavy atom. The van der Waals surface area contributed by atoms with Gasteiger partial charge in [0.15, 0.2) is 0 Å². The van der Waals surface area contributed by atoms with Crippen LogP contribution in [0, 0.1) is 11.8 Å². The van der Waals surface area contributed by atoms with Gasteiger partial charge in [-0.2, -0.15) is 0 Å². The maximum Gasteiger partial charge on any atom is 0.207 e. The molecule has 1 aromatic heterocycles. The molecule has 3 heteroatoms. The van der Waals surface area contributed by atoms with Crippen LogP contribution in [0.3, 0.4) is 0 Å². The number of fused-ring (bicyclic) bond motifs is 2. The van der Waals surface area contributed by atoms with E-state index in [0.717, 1.165) is 23.5 Å². The van der Waals surface area contributed by atoms with Crippen molar-refractivity contribution in [2.45, 2.75) is 31.7 Å². The van der Waals surface area contributed by atoms with Gasteiger partial charge in [0, 0.05) is 24.1 Å². The summed E-state index contributed by atoms with van der Waals surface area (Å²) in [6.45, 7) is 0. The number of nitrogens with zero attached hydrogens (tertiary/aromatic N) is 2. The fraction of sp³-hybridized carbons (Fsp3) is 0.438. The predicted octanol–water partition coefficient (Wildman–Crippen LogP) is 3.99. The van der Waals surface area contributed by atoms with Crippen molar-refractivity contribution in [2.24, 2.45) is 11.8 Å². The number of anilines is 2. The highest BCUT2D eigenvalue weighted by molar-refractivity contribution is 5.53. The Hall–Kier alpha value is -1.77. The fourth-order valence-corrected chi connectivity index (χ4v) is 3.88. The van der Waals surface area contributed by atoms with Crippen LogP contribution in [-0.2, 0) is 0 Å². The summed E-state index contributed by atoms with van der Waals surface area (Å²) in [5.41, 5.74) is 1.11. The summed E-state index contributed by atoms with van der Waals surface area (Å²) in [6.07, 6.45) is 9.65. The maximum absolute atomic E-state index is 4.49. The van der Waals surface area contributed by atoms with Gasteiger partial charge in [0.05, 0.1) is 0 Å². The van der Waals surface area contributed by atoms with Gasteiger partial charge < -0.3 is 9.88 Å². The first kappa shape index (κ1) is 11.1. The molecule has 0 saturated heterocycles. The molecule has 2 bridgehead atoms. The van der Waals surface area contributed by atoms with Crippen molar-refractivity contribution in [3.05, 3.63) is 42.7 Å². The number of aromatic nitrogens is 2. The number of benzene rings is 1. The smallest absolute Gasteiger partial charge is 0.207 e. The van der Waals surface area contributed by atoms with Crippen molar-refractivity contribution in [3.63, 3.8) is 0 Å². The highest BCUT2D eigenvalue weighted by atomic mass is 15.2. The molecule has 2 aliphatic rings. The summed E-state index contributed by atoms with van der Waals surface area (Å²) in [5.74, 6) is 2.82. The molecule has 0 spiro atoms. The van der Waals surface area contributed by atoms with Crippen LogP contribution in [0.15, 0.2) is 42.7 Å². The van der Waals surface area contributed by atoms with Gasteiger partial charge in [-0.3, -0.25) is 0 Å². The number of rotatable bonds is 3. The number of para-hydroxylation sites is 1. The van der Waals surface area contributed by atoms with E-state index in [9.17, 15) is 0 Å². The van der Waals surface area contributed by atoms with Crippen molar-refractivity contribution in [3.8, 4) is 0 Å². The zero-order valence-electron chi connectivity index (χ0n) is 11.0. The molecule has 3 atom stereocenters. The Kier molecular flexibility index (Phi) is 2.57. The van der Waals surface area contributed by atoms with Gasteiger partial charge in [-0.05, 0) is 43.2 Å². The first-order chi connectivity index (χ1) is 9.40. The van der Waals surface area contributed by atoms with Crippen LogP contribution in [0.25, 0.3) is 0 Å². The maximum atomic E-state index is 4.49. The average molecular weight is 253 g/mol. The third-order valence-corrected chi connectivity index (χ3v) is 4.76. The Bertz CT molecular complexity index is 560. The minimum absolute atomic E-state index is 0.660. The summed E-state index contributed by atoms with van der Waals surface area (Å²) < 4.78 is 2.36. The van der Waals surface area contributed by atoms with Gasteiger partial charge >= 0.3 is 0 Å². The number of hydrogen-bond donors (Lipinski definition) is 1. The SMILES string of the molecule is c1ccc(Nc2nccn2C2CC3CCC2C3)cc1. The third kappa shape index (κ3) is 1.93. The molecule has 4 rings (SSSR count). The Balaban J connectivity index is 1.59. The fourth-order valence-electron chi connectivity index (χ4n) is 3.88. The zero-order chi connectivity index (χ0) is 12.7. The zero-order valence-corrected chi connectivity index (χ0v) is 11.0. The van der Waals surface area contributed by atoms with E-state index in [1.165, 1.54) is 25.7 Å². The predicted molar refractivity (Wildman–Crippen MR) is 76.4 cm³/mol. The molecule has 1 N–H and O–H groups in total. The quantitative estimate of drug-likeness (QED) is 0.896. The monoisotopic (exact) mass is 253 g/mol. The van der Waals surface area contributed by atoms with Crippen molar-refractivity contribution in [1.29, 1.82) is 0 Å².